The van der Waals surface area contributed by atoms with Crippen molar-refractivity contribution in [1.29, 1.82) is 5.40 Å². The fourth-order valence-electron chi connectivity index (χ4n) is 1.16. The van der Waals surface area contributed by atoms with E-state index in [2.05, 4.69) is 10.7 Å². The van der Waals surface area contributed by atoms with Crippen LogP contribution in [0.2, 0.25) is 1.41 Å². The number of allylic oxidation sites excluding steroid dienone is 1. The van der Waals surface area contributed by atoms with Crippen LogP contribution in [0, 0.1) is 5.40 Å². The molecule has 0 aliphatic heterocycles. The first-order valence-corrected chi connectivity index (χ1v) is 6.54. The summed E-state index contributed by atoms with van der Waals surface area (Å²) < 4.78 is 13.9. The van der Waals surface area contributed by atoms with Crippen molar-refractivity contribution in [2.45, 2.75) is 32.9 Å². The molecule has 0 atom stereocenters. The second kappa shape index (κ2) is 6.39. The predicted octanol–water partition coefficient (Wildman–Crippen LogP) is 2.11. The van der Waals surface area contributed by atoms with Crippen LogP contribution in [-0.2, 0) is 11.3 Å². The van der Waals surface area contributed by atoms with Gasteiger partial charge in [-0.3, -0.25) is 5.40 Å². The molecule has 0 saturated carbocycles. The molecule has 1 aromatic rings. The predicted molar refractivity (Wildman–Crippen MR) is 71.5 cm³/mol. The summed E-state index contributed by atoms with van der Waals surface area (Å²) in [5, 5.41) is 7.91. The summed E-state index contributed by atoms with van der Waals surface area (Å²) in [5.41, 5.74) is -0.481. The van der Waals surface area contributed by atoms with Crippen molar-refractivity contribution >= 4 is 17.4 Å². The second-order valence-electron chi connectivity index (χ2n) is 4.69. The van der Waals surface area contributed by atoms with Gasteiger partial charge in [-0.1, -0.05) is 12.2 Å². The first kappa shape index (κ1) is 12.9. The lowest BCUT2D eigenvalue weighted by Crippen LogP contribution is -2.32. The van der Waals surface area contributed by atoms with Crippen molar-refractivity contribution in [3.05, 3.63) is 28.5 Å². The number of nitrogens with zero attached hydrogens (tertiary/aromatic N) is 1. The van der Waals surface area contributed by atoms with Crippen molar-refractivity contribution < 1.29 is 10.9 Å². The zero-order valence-electron chi connectivity index (χ0n) is 11.8. The van der Waals surface area contributed by atoms with Gasteiger partial charge < -0.3 is 14.6 Å². The van der Waals surface area contributed by atoms with Crippen molar-refractivity contribution in [2.24, 2.45) is 0 Å². The number of aromatic nitrogens is 1. The van der Waals surface area contributed by atoms with Crippen LogP contribution in [0.1, 0.15) is 20.8 Å². The van der Waals surface area contributed by atoms with E-state index >= 15 is 0 Å². The Morgan fingerprint density at radius 1 is 1.67 bits per heavy atom. The highest BCUT2D eigenvalue weighted by molar-refractivity contribution is 7.06. The molecular formula is C12H19N3O2S. The monoisotopic (exact) mass is 269 g/mol. The number of amides is 1. The van der Waals surface area contributed by atoms with Gasteiger partial charge in [0.15, 0.2) is 6.21 Å². The van der Waals surface area contributed by atoms with Gasteiger partial charge in [0, 0.05) is 24.7 Å². The van der Waals surface area contributed by atoms with Crippen LogP contribution in [0.25, 0.3) is 0 Å². The smallest absolute Gasteiger partial charge is 0.407 e. The molecule has 18 heavy (non-hydrogen) atoms. The van der Waals surface area contributed by atoms with E-state index in [0.29, 0.717) is 17.9 Å². The highest BCUT2D eigenvalue weighted by Crippen LogP contribution is 2.06. The molecule has 0 aliphatic carbocycles. The maximum Gasteiger partial charge on any atom is 0.407 e. The second-order valence-corrected chi connectivity index (χ2v) is 5.57. The average molecular weight is 269 g/mol. The minimum Gasteiger partial charge on any atom is -0.444 e. The molecule has 0 fully saturated rings. The van der Waals surface area contributed by atoms with Crippen molar-refractivity contribution in [3.8, 4) is 0 Å². The number of carbonyl (C=O) groups is 1. The zero-order valence-corrected chi connectivity index (χ0v) is 11.7. The SMILES string of the molecule is [H]/N=c1/sccn1CC=CCNC(=O)OC(C)(C)C. The number of hydrogen-bond donors (Lipinski definition) is 2. The molecule has 0 bridgehead atoms. The fourth-order valence-corrected chi connectivity index (χ4v) is 1.76. The molecule has 100 valence electrons. The summed E-state index contributed by atoms with van der Waals surface area (Å²) in [4.78, 5) is 12.0. The van der Waals surface area contributed by atoms with Gasteiger partial charge in [0.05, 0.1) is 0 Å². The standard InChI is InChI=1S/C12H19N3O2S/c1-12(2,3)17-11(16)14-6-4-5-7-15-8-9-18-10(15)13/h4-5,8-9,13H,6-7H2,1-3H3,(H,14,16)/b5-4?,13-10+. The molecule has 0 aliphatic rings. The summed E-state index contributed by atoms with van der Waals surface area (Å²) in [6, 6.07) is 0. The lowest BCUT2D eigenvalue weighted by molar-refractivity contribution is 0.0534. The molecule has 0 saturated heterocycles. The summed E-state index contributed by atoms with van der Waals surface area (Å²) in [5.74, 6) is 0. The Hall–Kier alpha value is -1.56. The first-order chi connectivity index (χ1) is 8.92. The molecule has 1 heterocycles. The third-order valence-corrected chi connectivity index (χ3v) is 2.59. The van der Waals surface area contributed by atoms with Crippen LogP contribution in [0.5, 0.6) is 0 Å². The lowest BCUT2D eigenvalue weighted by Gasteiger charge is -2.19. The number of ether oxygens (including phenoxy) is 1. The normalized spacial score (nSPS) is 13.7. The van der Waals surface area contributed by atoms with E-state index in [1.807, 2.05) is 49.1 Å². The summed E-state index contributed by atoms with van der Waals surface area (Å²) >= 11 is 1.41. The van der Waals surface area contributed by atoms with Gasteiger partial charge in [0.2, 0.25) is 0 Å². The molecule has 1 amide bonds. The topological polar surface area (TPSA) is 67.1 Å². The number of rotatable bonds is 4. The Labute approximate surface area is 112 Å². The van der Waals surface area contributed by atoms with E-state index in [1.165, 1.54) is 11.3 Å². The molecule has 0 spiro atoms. The van der Waals surface area contributed by atoms with E-state index < -0.39 is 11.7 Å². The maximum atomic E-state index is 11.3. The Kier molecular flexibility index (Phi) is 4.58. The Bertz CT molecular complexity index is 500. The van der Waals surface area contributed by atoms with Crippen LogP contribution < -0.4 is 10.1 Å². The summed E-state index contributed by atoms with van der Waals surface area (Å²) in [6.07, 6.45) is 5.17. The molecule has 0 aromatic carbocycles. The van der Waals surface area contributed by atoms with E-state index in [0.717, 1.165) is 0 Å². The highest BCUT2D eigenvalue weighted by atomic mass is 32.1. The van der Waals surface area contributed by atoms with Crippen LogP contribution in [0.15, 0.2) is 23.7 Å². The molecule has 2 N–H and O–H groups in total. The quantitative estimate of drug-likeness (QED) is 0.822. The molecule has 1 rings (SSSR count). The largest absolute Gasteiger partial charge is 0.444 e. The number of hydrogen-bond acceptors (Lipinski definition) is 4. The lowest BCUT2D eigenvalue weighted by atomic mass is 10.2. The minimum atomic E-state index is -0.481. The van der Waals surface area contributed by atoms with Gasteiger partial charge in [-0.2, -0.15) is 0 Å². The number of carbonyl (C=O) groups excluding carboxylic acids is 1. The molecule has 6 heteroatoms. The molecule has 0 unspecified atom stereocenters. The van der Waals surface area contributed by atoms with Gasteiger partial charge in [-0.15, -0.1) is 11.3 Å². The number of nitrogens with one attached hydrogen (secondary N) is 2. The fraction of sp³-hybridized carbons (Fsp3) is 0.500. The van der Waals surface area contributed by atoms with Gasteiger partial charge in [0.25, 0.3) is 0 Å². The third-order valence-electron chi connectivity index (χ3n) is 1.89. The molecule has 0 radical (unpaired) electrons. The van der Waals surface area contributed by atoms with Gasteiger partial charge in [-0.05, 0) is 20.8 Å². The van der Waals surface area contributed by atoms with E-state index in [1.54, 1.807) is 0 Å². The summed E-state index contributed by atoms with van der Waals surface area (Å²) in [6.45, 7) is 6.49. The minimum absolute atomic E-state index is 0.410. The Morgan fingerprint density at radius 2 is 2.44 bits per heavy atom. The molecular weight excluding hydrogens is 250 g/mol. The number of thiazole rings is 1. The van der Waals surface area contributed by atoms with Crippen LogP contribution in [0.4, 0.5) is 4.79 Å². The first-order valence-electron chi connectivity index (χ1n) is 6.11. The Balaban J connectivity index is 2.30. The van der Waals surface area contributed by atoms with Crippen LogP contribution in [0.3, 0.4) is 0 Å². The highest BCUT2D eigenvalue weighted by Gasteiger charge is 2.14. The van der Waals surface area contributed by atoms with Crippen molar-refractivity contribution in [2.75, 3.05) is 6.54 Å². The zero-order chi connectivity index (χ0) is 14.3. The third kappa shape index (κ3) is 5.67. The van der Waals surface area contributed by atoms with Gasteiger partial charge in [0.1, 0.15) is 5.60 Å². The molecule has 1 aromatic heterocycles. The summed E-state index contributed by atoms with van der Waals surface area (Å²) in [7, 11) is 0. The maximum absolute atomic E-state index is 11.3. The Morgan fingerprint density at radius 3 is 3.11 bits per heavy atom. The average Bonchev–Trinajstić information content (AvgIpc) is 2.73. The van der Waals surface area contributed by atoms with Gasteiger partial charge >= 0.3 is 6.09 Å². The van der Waals surface area contributed by atoms with Crippen molar-refractivity contribution in [3.63, 3.8) is 0 Å². The van der Waals surface area contributed by atoms with Crippen LogP contribution >= 0.6 is 11.3 Å². The van der Waals surface area contributed by atoms with Gasteiger partial charge in [-0.25, -0.2) is 4.79 Å². The van der Waals surface area contributed by atoms with E-state index in [9.17, 15) is 4.79 Å². The molecule has 5 nitrogen and oxygen atoms in total. The van der Waals surface area contributed by atoms with Crippen molar-refractivity contribution in [1.82, 2.24) is 9.88 Å². The van der Waals surface area contributed by atoms with E-state index in [-0.39, 0.29) is 0 Å². The number of alkyl carbamates (subject to hydrolysis) is 1. The van der Waals surface area contributed by atoms with Crippen LogP contribution in [-0.4, -0.2) is 22.8 Å². The van der Waals surface area contributed by atoms with E-state index in [4.69, 9.17) is 6.15 Å².